The van der Waals surface area contributed by atoms with Crippen molar-refractivity contribution in [1.29, 1.82) is 0 Å². The zero-order valence-corrected chi connectivity index (χ0v) is 10.5. The second kappa shape index (κ2) is 3.93. The molecule has 0 N–H and O–H groups in total. The van der Waals surface area contributed by atoms with E-state index in [2.05, 4.69) is 70.5 Å². The van der Waals surface area contributed by atoms with E-state index >= 15 is 0 Å². The van der Waals surface area contributed by atoms with Gasteiger partial charge in [0, 0.05) is 6.42 Å². The predicted octanol–water partition coefficient (Wildman–Crippen LogP) is 4.53. The first-order valence-corrected chi connectivity index (χ1v) is 5.81. The van der Waals surface area contributed by atoms with Crippen molar-refractivity contribution in [3.8, 4) is 0 Å². The first-order valence-electron chi connectivity index (χ1n) is 5.81. The second-order valence-electron chi connectivity index (χ2n) is 5.50. The summed E-state index contributed by atoms with van der Waals surface area (Å²) in [4.78, 5) is 0. The molecule has 0 nitrogen and oxygen atoms in total. The Morgan fingerprint density at radius 3 is 2.00 bits per heavy atom. The van der Waals surface area contributed by atoms with Crippen molar-refractivity contribution in [1.82, 2.24) is 0 Å². The van der Waals surface area contributed by atoms with Crippen LogP contribution >= 0.6 is 0 Å². The van der Waals surface area contributed by atoms with Crippen LogP contribution in [0.1, 0.15) is 38.8 Å². The van der Waals surface area contributed by atoms with Gasteiger partial charge in [0.25, 0.3) is 0 Å². The van der Waals surface area contributed by atoms with E-state index in [1.54, 1.807) is 0 Å². The molecule has 83 valence electrons. The molecule has 0 heterocycles. The van der Waals surface area contributed by atoms with E-state index < -0.39 is 0 Å². The summed E-state index contributed by atoms with van der Waals surface area (Å²) in [5.74, 6) is 0. The number of benzene rings is 1. The Kier molecular flexibility index (Phi) is 2.75. The zero-order chi connectivity index (χ0) is 11.8. The van der Waals surface area contributed by atoms with E-state index in [0.717, 1.165) is 0 Å². The second-order valence-corrected chi connectivity index (χ2v) is 5.50. The fourth-order valence-corrected chi connectivity index (χ4v) is 1.90. The van der Waals surface area contributed by atoms with Crippen LogP contribution in [0.25, 0.3) is 5.57 Å². The number of rotatable bonds is 1. The molecule has 16 heavy (non-hydrogen) atoms. The third kappa shape index (κ3) is 2.27. The lowest BCUT2D eigenvalue weighted by molar-refractivity contribution is 0.590. The molecule has 0 amide bonds. The summed E-state index contributed by atoms with van der Waals surface area (Å²) in [6, 6.07) is 8.90. The summed E-state index contributed by atoms with van der Waals surface area (Å²) < 4.78 is 0. The molecule has 0 aromatic heterocycles. The highest BCUT2D eigenvalue weighted by Crippen LogP contribution is 2.28. The lowest BCUT2D eigenvalue weighted by Gasteiger charge is -2.19. The monoisotopic (exact) mass is 211 g/mol. The Bertz CT molecular complexity index is 436. The maximum absolute atomic E-state index is 2.24. The lowest BCUT2D eigenvalue weighted by atomic mass is 9.86. The standard InChI is InChI=1S/C16H19/c1-12-5-6-14(11-12)13-7-9-15(10-8-13)16(2,3)4/h5-11H,1-4H3. The normalized spacial score (nSPS) is 16.0. The van der Waals surface area contributed by atoms with Gasteiger partial charge in [-0.3, -0.25) is 0 Å². The van der Waals surface area contributed by atoms with Gasteiger partial charge in [0.2, 0.25) is 0 Å². The van der Waals surface area contributed by atoms with Crippen LogP contribution in [-0.2, 0) is 5.41 Å². The Balaban J connectivity index is 2.27. The molecule has 0 unspecified atom stereocenters. The number of hydrogen-bond acceptors (Lipinski definition) is 0. The minimum atomic E-state index is 0.237. The number of allylic oxidation sites excluding steroid dienone is 4. The summed E-state index contributed by atoms with van der Waals surface area (Å²) >= 11 is 0. The summed E-state index contributed by atoms with van der Waals surface area (Å²) in [6.07, 6.45) is 6.57. The summed E-state index contributed by atoms with van der Waals surface area (Å²) in [5.41, 5.74) is 5.58. The molecule has 0 atom stereocenters. The van der Waals surface area contributed by atoms with Gasteiger partial charge in [0.1, 0.15) is 0 Å². The van der Waals surface area contributed by atoms with Gasteiger partial charge in [0.05, 0.1) is 0 Å². The van der Waals surface area contributed by atoms with Crippen molar-refractivity contribution in [2.75, 3.05) is 0 Å². The molecule has 1 radical (unpaired) electrons. The fourth-order valence-electron chi connectivity index (χ4n) is 1.90. The minimum absolute atomic E-state index is 0.237. The number of hydrogen-bond donors (Lipinski definition) is 0. The van der Waals surface area contributed by atoms with Gasteiger partial charge >= 0.3 is 0 Å². The first-order chi connectivity index (χ1) is 7.47. The van der Waals surface area contributed by atoms with Gasteiger partial charge in [-0.1, -0.05) is 62.8 Å². The largest absolute Gasteiger partial charge is 0.0686 e. The molecule has 0 heteroatoms. The van der Waals surface area contributed by atoms with Crippen molar-refractivity contribution < 1.29 is 0 Å². The predicted molar refractivity (Wildman–Crippen MR) is 71.2 cm³/mol. The maximum Gasteiger partial charge on any atom is 0.00871 e. The molecule has 1 aliphatic carbocycles. The van der Waals surface area contributed by atoms with Crippen molar-refractivity contribution in [2.24, 2.45) is 0 Å². The van der Waals surface area contributed by atoms with Crippen LogP contribution in [0.15, 0.2) is 42.0 Å². The fraction of sp³-hybridized carbons (Fsp3) is 0.312. The van der Waals surface area contributed by atoms with E-state index in [1.807, 2.05) is 0 Å². The summed E-state index contributed by atoms with van der Waals surface area (Å²) in [7, 11) is 0. The SMILES string of the molecule is CC1=CC(c2ccc(C(C)(C)C)cc2)=C[CH]1. The molecule has 0 bridgehead atoms. The van der Waals surface area contributed by atoms with Crippen LogP contribution in [-0.4, -0.2) is 0 Å². The zero-order valence-electron chi connectivity index (χ0n) is 10.5. The van der Waals surface area contributed by atoms with Crippen LogP contribution in [0.4, 0.5) is 0 Å². The Morgan fingerprint density at radius 1 is 0.938 bits per heavy atom. The van der Waals surface area contributed by atoms with Gasteiger partial charge in [0.15, 0.2) is 0 Å². The van der Waals surface area contributed by atoms with E-state index in [1.165, 1.54) is 22.3 Å². The molecule has 1 aromatic rings. The minimum Gasteiger partial charge on any atom is -0.0686 e. The van der Waals surface area contributed by atoms with E-state index in [-0.39, 0.29) is 5.41 Å². The van der Waals surface area contributed by atoms with Crippen LogP contribution in [0.2, 0.25) is 0 Å². The van der Waals surface area contributed by atoms with Gasteiger partial charge in [-0.15, -0.1) is 0 Å². The quantitative estimate of drug-likeness (QED) is 0.640. The molecule has 0 aliphatic heterocycles. The van der Waals surface area contributed by atoms with E-state index in [4.69, 9.17) is 0 Å². The third-order valence-corrected chi connectivity index (χ3v) is 2.99. The van der Waals surface area contributed by atoms with Crippen molar-refractivity contribution in [2.45, 2.75) is 33.1 Å². The van der Waals surface area contributed by atoms with Crippen LogP contribution in [0.5, 0.6) is 0 Å². The highest BCUT2D eigenvalue weighted by Gasteiger charge is 2.13. The topological polar surface area (TPSA) is 0 Å². The van der Waals surface area contributed by atoms with Gasteiger partial charge in [-0.25, -0.2) is 0 Å². The summed E-state index contributed by atoms with van der Waals surface area (Å²) in [5, 5.41) is 0. The lowest BCUT2D eigenvalue weighted by Crippen LogP contribution is -2.10. The average molecular weight is 211 g/mol. The van der Waals surface area contributed by atoms with Crippen LogP contribution < -0.4 is 0 Å². The van der Waals surface area contributed by atoms with E-state index in [0.29, 0.717) is 0 Å². The van der Waals surface area contributed by atoms with Crippen molar-refractivity contribution in [3.05, 3.63) is 59.5 Å². The molecule has 2 rings (SSSR count). The average Bonchev–Trinajstić information content (AvgIpc) is 2.64. The van der Waals surface area contributed by atoms with Gasteiger partial charge in [-0.2, -0.15) is 0 Å². The molecule has 1 aliphatic rings. The van der Waals surface area contributed by atoms with E-state index in [9.17, 15) is 0 Å². The van der Waals surface area contributed by atoms with Crippen molar-refractivity contribution in [3.63, 3.8) is 0 Å². The van der Waals surface area contributed by atoms with Gasteiger partial charge in [-0.05, 0) is 29.0 Å². The Hall–Kier alpha value is -1.30. The third-order valence-electron chi connectivity index (χ3n) is 2.99. The van der Waals surface area contributed by atoms with Crippen LogP contribution in [0.3, 0.4) is 0 Å². The molecular formula is C16H19. The smallest absolute Gasteiger partial charge is 0.00871 e. The molecule has 1 aromatic carbocycles. The molecular weight excluding hydrogens is 192 g/mol. The Labute approximate surface area is 98.7 Å². The highest BCUT2D eigenvalue weighted by atomic mass is 14.2. The molecule has 0 saturated heterocycles. The Morgan fingerprint density at radius 2 is 1.56 bits per heavy atom. The van der Waals surface area contributed by atoms with Gasteiger partial charge < -0.3 is 0 Å². The molecule has 0 fully saturated rings. The molecule has 0 saturated carbocycles. The summed E-state index contributed by atoms with van der Waals surface area (Å²) in [6.45, 7) is 8.87. The highest BCUT2D eigenvalue weighted by molar-refractivity contribution is 5.79. The first kappa shape index (κ1) is 11.2. The maximum atomic E-state index is 2.24. The molecule has 0 spiro atoms. The van der Waals surface area contributed by atoms with Crippen molar-refractivity contribution >= 4 is 5.57 Å². The van der Waals surface area contributed by atoms with Crippen LogP contribution in [0, 0.1) is 6.42 Å².